The van der Waals surface area contributed by atoms with Crippen LogP contribution in [0.4, 0.5) is 0 Å². The van der Waals surface area contributed by atoms with E-state index in [0.29, 0.717) is 11.8 Å². The molecule has 0 aliphatic rings. The van der Waals surface area contributed by atoms with Gasteiger partial charge in [-0.25, -0.2) is 0 Å². The van der Waals surface area contributed by atoms with Gasteiger partial charge in [0.15, 0.2) is 0 Å². The van der Waals surface area contributed by atoms with Gasteiger partial charge in [-0.1, -0.05) is 74.5 Å². The molecule has 0 radical (unpaired) electrons. The van der Waals surface area contributed by atoms with E-state index in [9.17, 15) is 0 Å². The van der Waals surface area contributed by atoms with Crippen LogP contribution < -0.4 is 0 Å². The molecular formula is C22H30O. The zero-order valence-corrected chi connectivity index (χ0v) is 14.6. The number of ether oxygens (including phenoxy) is 1. The van der Waals surface area contributed by atoms with Gasteiger partial charge in [0, 0.05) is 13.2 Å². The summed E-state index contributed by atoms with van der Waals surface area (Å²) in [4.78, 5) is 0. The van der Waals surface area contributed by atoms with E-state index in [1.807, 2.05) is 0 Å². The van der Waals surface area contributed by atoms with E-state index in [0.717, 1.165) is 26.1 Å². The highest BCUT2D eigenvalue weighted by Gasteiger charge is 2.05. The summed E-state index contributed by atoms with van der Waals surface area (Å²) in [7, 11) is 0. The Morgan fingerprint density at radius 2 is 1.04 bits per heavy atom. The van der Waals surface area contributed by atoms with Crippen LogP contribution >= 0.6 is 0 Å². The summed E-state index contributed by atoms with van der Waals surface area (Å²) in [6.45, 7) is 6.38. The maximum absolute atomic E-state index is 5.81. The molecule has 0 aliphatic carbocycles. The molecule has 0 heterocycles. The van der Waals surface area contributed by atoms with E-state index in [1.165, 1.54) is 24.0 Å². The molecule has 0 amide bonds. The van der Waals surface area contributed by atoms with Crippen molar-refractivity contribution in [3.63, 3.8) is 0 Å². The molecule has 0 N–H and O–H groups in total. The SMILES string of the molecule is CC(CCCOCCCC(C)c1ccccc1)c1ccccc1. The molecule has 2 atom stereocenters. The molecular weight excluding hydrogens is 280 g/mol. The largest absolute Gasteiger partial charge is 0.381 e. The van der Waals surface area contributed by atoms with Crippen LogP contribution in [0.15, 0.2) is 60.7 Å². The van der Waals surface area contributed by atoms with Gasteiger partial charge in [0.2, 0.25) is 0 Å². The summed E-state index contributed by atoms with van der Waals surface area (Å²) in [6.07, 6.45) is 4.68. The van der Waals surface area contributed by atoms with E-state index >= 15 is 0 Å². The fourth-order valence-corrected chi connectivity index (χ4v) is 2.98. The second-order valence-electron chi connectivity index (χ2n) is 6.52. The molecule has 0 spiro atoms. The first-order valence-electron chi connectivity index (χ1n) is 8.95. The van der Waals surface area contributed by atoms with Crippen molar-refractivity contribution < 1.29 is 4.74 Å². The van der Waals surface area contributed by atoms with Crippen LogP contribution in [-0.4, -0.2) is 13.2 Å². The summed E-state index contributed by atoms with van der Waals surface area (Å²) < 4.78 is 5.81. The van der Waals surface area contributed by atoms with Crippen molar-refractivity contribution in [1.29, 1.82) is 0 Å². The van der Waals surface area contributed by atoms with Crippen molar-refractivity contribution in [1.82, 2.24) is 0 Å². The summed E-state index contributed by atoms with van der Waals surface area (Å²) in [5.74, 6) is 1.25. The summed E-state index contributed by atoms with van der Waals surface area (Å²) in [5, 5.41) is 0. The highest BCUT2D eigenvalue weighted by molar-refractivity contribution is 5.19. The Morgan fingerprint density at radius 1 is 0.652 bits per heavy atom. The van der Waals surface area contributed by atoms with Crippen molar-refractivity contribution >= 4 is 0 Å². The molecule has 0 fully saturated rings. The Balaban J connectivity index is 1.51. The number of rotatable bonds is 10. The van der Waals surface area contributed by atoms with Crippen molar-refractivity contribution in [2.75, 3.05) is 13.2 Å². The summed E-state index contributed by atoms with van der Waals surface area (Å²) in [6, 6.07) is 21.5. The van der Waals surface area contributed by atoms with Crippen LogP contribution in [0.5, 0.6) is 0 Å². The Morgan fingerprint density at radius 3 is 1.43 bits per heavy atom. The Bertz CT molecular complexity index is 471. The van der Waals surface area contributed by atoms with E-state index in [2.05, 4.69) is 74.5 Å². The van der Waals surface area contributed by atoms with Gasteiger partial charge in [0.25, 0.3) is 0 Å². The first-order valence-corrected chi connectivity index (χ1v) is 8.95. The lowest BCUT2D eigenvalue weighted by Crippen LogP contribution is -2.02. The second kappa shape index (κ2) is 10.2. The van der Waals surface area contributed by atoms with Gasteiger partial charge >= 0.3 is 0 Å². The van der Waals surface area contributed by atoms with Gasteiger partial charge in [-0.05, 0) is 48.6 Å². The molecule has 0 aromatic heterocycles. The maximum atomic E-state index is 5.81. The van der Waals surface area contributed by atoms with Gasteiger partial charge in [-0.2, -0.15) is 0 Å². The van der Waals surface area contributed by atoms with Gasteiger partial charge in [0.05, 0.1) is 0 Å². The quantitative estimate of drug-likeness (QED) is 0.477. The standard InChI is InChI=1S/C22H30O/c1-19(21-13-5-3-6-14-21)11-9-17-23-18-10-12-20(2)22-15-7-4-8-16-22/h3-8,13-16,19-20H,9-12,17-18H2,1-2H3. The molecule has 2 aromatic carbocycles. The van der Waals surface area contributed by atoms with Crippen molar-refractivity contribution in [3.05, 3.63) is 71.8 Å². The summed E-state index contributed by atoms with van der Waals surface area (Å²) in [5.41, 5.74) is 2.87. The van der Waals surface area contributed by atoms with Gasteiger partial charge in [-0.15, -0.1) is 0 Å². The van der Waals surface area contributed by atoms with E-state index in [1.54, 1.807) is 0 Å². The second-order valence-corrected chi connectivity index (χ2v) is 6.52. The molecule has 23 heavy (non-hydrogen) atoms. The highest BCUT2D eigenvalue weighted by atomic mass is 16.5. The molecule has 2 rings (SSSR count). The van der Waals surface area contributed by atoms with Gasteiger partial charge < -0.3 is 4.74 Å². The molecule has 0 saturated heterocycles. The number of benzene rings is 2. The molecule has 0 aliphatic heterocycles. The molecule has 2 aromatic rings. The Labute approximate surface area is 141 Å². The first kappa shape index (κ1) is 17.7. The molecule has 1 heteroatoms. The third-order valence-electron chi connectivity index (χ3n) is 4.59. The van der Waals surface area contributed by atoms with Crippen LogP contribution in [0.1, 0.15) is 62.5 Å². The Kier molecular flexibility index (Phi) is 7.89. The highest BCUT2D eigenvalue weighted by Crippen LogP contribution is 2.21. The fourth-order valence-electron chi connectivity index (χ4n) is 2.98. The van der Waals surface area contributed by atoms with Gasteiger partial charge in [0.1, 0.15) is 0 Å². The van der Waals surface area contributed by atoms with Gasteiger partial charge in [-0.3, -0.25) is 0 Å². The predicted molar refractivity (Wildman–Crippen MR) is 99.0 cm³/mol. The number of hydrogen-bond acceptors (Lipinski definition) is 1. The minimum atomic E-state index is 0.623. The van der Waals surface area contributed by atoms with Crippen LogP contribution in [0.3, 0.4) is 0 Å². The Hall–Kier alpha value is -1.60. The van der Waals surface area contributed by atoms with Crippen LogP contribution in [-0.2, 0) is 4.74 Å². The lowest BCUT2D eigenvalue weighted by molar-refractivity contribution is 0.124. The number of hydrogen-bond donors (Lipinski definition) is 0. The third-order valence-corrected chi connectivity index (χ3v) is 4.59. The molecule has 1 nitrogen and oxygen atoms in total. The normalized spacial score (nSPS) is 13.7. The molecule has 2 unspecified atom stereocenters. The van der Waals surface area contributed by atoms with Crippen molar-refractivity contribution in [3.8, 4) is 0 Å². The maximum Gasteiger partial charge on any atom is 0.0466 e. The van der Waals surface area contributed by atoms with E-state index in [4.69, 9.17) is 4.74 Å². The van der Waals surface area contributed by atoms with E-state index < -0.39 is 0 Å². The fraction of sp³-hybridized carbons (Fsp3) is 0.455. The molecule has 124 valence electrons. The van der Waals surface area contributed by atoms with Crippen LogP contribution in [0, 0.1) is 0 Å². The molecule has 0 saturated carbocycles. The lowest BCUT2D eigenvalue weighted by atomic mass is 9.96. The molecule has 0 bridgehead atoms. The van der Waals surface area contributed by atoms with Crippen molar-refractivity contribution in [2.24, 2.45) is 0 Å². The average Bonchev–Trinajstić information content (AvgIpc) is 2.62. The minimum Gasteiger partial charge on any atom is -0.381 e. The van der Waals surface area contributed by atoms with Crippen LogP contribution in [0.25, 0.3) is 0 Å². The lowest BCUT2D eigenvalue weighted by Gasteiger charge is -2.13. The smallest absolute Gasteiger partial charge is 0.0466 e. The monoisotopic (exact) mass is 310 g/mol. The third kappa shape index (κ3) is 6.58. The average molecular weight is 310 g/mol. The zero-order chi connectivity index (χ0) is 16.3. The van der Waals surface area contributed by atoms with Crippen molar-refractivity contribution in [2.45, 2.75) is 51.4 Å². The summed E-state index contributed by atoms with van der Waals surface area (Å²) >= 11 is 0. The minimum absolute atomic E-state index is 0.623. The van der Waals surface area contributed by atoms with Crippen LogP contribution in [0.2, 0.25) is 0 Å². The first-order chi connectivity index (χ1) is 11.3. The topological polar surface area (TPSA) is 9.23 Å². The van der Waals surface area contributed by atoms with E-state index in [-0.39, 0.29) is 0 Å². The zero-order valence-electron chi connectivity index (χ0n) is 14.6. The predicted octanol–water partition coefficient (Wildman–Crippen LogP) is 6.17.